The fraction of sp³-hybridized carbons (Fsp3) is 0.286. The molecule has 0 radical (unpaired) electrons. The van der Waals surface area contributed by atoms with Gasteiger partial charge in [-0.05, 0) is 29.8 Å². The van der Waals surface area contributed by atoms with Gasteiger partial charge in [0.2, 0.25) is 5.91 Å². The third-order valence-corrected chi connectivity index (χ3v) is 4.88. The van der Waals surface area contributed by atoms with Gasteiger partial charge in [0.15, 0.2) is 0 Å². The fourth-order valence-corrected chi connectivity index (χ4v) is 3.31. The molecule has 2 aromatic rings. The lowest BCUT2D eigenvalue weighted by atomic mass is 10.0. The van der Waals surface area contributed by atoms with E-state index in [9.17, 15) is 4.79 Å². The molecule has 0 aliphatic carbocycles. The van der Waals surface area contributed by atoms with Crippen molar-refractivity contribution in [2.24, 2.45) is 0 Å². The van der Waals surface area contributed by atoms with Crippen molar-refractivity contribution in [3.63, 3.8) is 0 Å². The Labute approximate surface area is 159 Å². The third kappa shape index (κ3) is 4.02. The highest BCUT2D eigenvalue weighted by molar-refractivity contribution is 6.32. The molecule has 136 valence electrons. The van der Waals surface area contributed by atoms with E-state index in [0.29, 0.717) is 23.9 Å². The molecule has 1 aliphatic rings. The van der Waals surface area contributed by atoms with Crippen molar-refractivity contribution in [2.45, 2.75) is 18.9 Å². The monoisotopic (exact) mass is 371 g/mol. The zero-order valence-corrected chi connectivity index (χ0v) is 15.5. The summed E-state index contributed by atoms with van der Waals surface area (Å²) in [5.41, 5.74) is 1.98. The summed E-state index contributed by atoms with van der Waals surface area (Å²) in [5, 5.41) is 0.577. The quantitative estimate of drug-likeness (QED) is 0.722. The van der Waals surface area contributed by atoms with Crippen molar-refractivity contribution < 1.29 is 14.3 Å². The van der Waals surface area contributed by atoms with E-state index in [-0.39, 0.29) is 12.0 Å². The highest BCUT2D eigenvalue weighted by Crippen LogP contribution is 2.36. The average Bonchev–Trinajstić information content (AvgIpc) is 2.69. The van der Waals surface area contributed by atoms with Crippen LogP contribution in [-0.4, -0.2) is 37.1 Å². The number of benzene rings is 2. The molecule has 0 atom stereocenters. The second-order valence-corrected chi connectivity index (χ2v) is 6.60. The second-order valence-electron chi connectivity index (χ2n) is 6.19. The number of amides is 1. The highest BCUT2D eigenvalue weighted by atomic mass is 35.5. The summed E-state index contributed by atoms with van der Waals surface area (Å²) in [6.07, 6.45) is 2.94. The number of ether oxygens (including phenoxy) is 2. The van der Waals surface area contributed by atoms with Gasteiger partial charge in [-0.15, -0.1) is 0 Å². The average molecular weight is 372 g/mol. The number of hydrogen-bond donors (Lipinski definition) is 0. The lowest BCUT2D eigenvalue weighted by molar-refractivity contribution is -0.127. The van der Waals surface area contributed by atoms with Crippen molar-refractivity contribution >= 4 is 17.5 Å². The first-order valence-corrected chi connectivity index (χ1v) is 9.01. The summed E-state index contributed by atoms with van der Waals surface area (Å²) in [5.74, 6) is 1.43. The van der Waals surface area contributed by atoms with Gasteiger partial charge in [0, 0.05) is 31.5 Å². The molecule has 5 heteroatoms. The number of nitrogens with zero attached hydrogens (tertiary/aromatic N) is 1. The number of para-hydroxylation sites is 1. The standard InChI is InChI=1S/C21H22ClNO3/c1-3-21(24)23-12-10-16(11-13-23)26-20-14-15(8-9-18(20)22)17-6-4-5-7-19(17)25-2/h3-9,14,16H,1,10-13H2,2H3. The van der Waals surface area contributed by atoms with Crippen LogP contribution in [0.25, 0.3) is 11.1 Å². The molecular formula is C21H22ClNO3. The maximum absolute atomic E-state index is 11.7. The van der Waals surface area contributed by atoms with Gasteiger partial charge in [-0.3, -0.25) is 4.79 Å². The summed E-state index contributed by atoms with van der Waals surface area (Å²) >= 11 is 6.34. The Hall–Kier alpha value is -2.46. The number of halogens is 1. The summed E-state index contributed by atoms with van der Waals surface area (Å²) in [6, 6.07) is 13.6. The molecule has 2 aromatic carbocycles. The van der Waals surface area contributed by atoms with Crippen LogP contribution in [0.4, 0.5) is 0 Å². The molecule has 1 saturated heterocycles. The molecule has 0 saturated carbocycles. The molecule has 1 heterocycles. The Bertz CT molecular complexity index is 798. The van der Waals surface area contributed by atoms with Gasteiger partial charge in [0.1, 0.15) is 17.6 Å². The van der Waals surface area contributed by atoms with Crippen molar-refractivity contribution in [1.29, 1.82) is 0 Å². The Morgan fingerprint density at radius 2 is 1.92 bits per heavy atom. The topological polar surface area (TPSA) is 38.8 Å². The molecule has 3 rings (SSSR count). The molecule has 1 fully saturated rings. The zero-order valence-electron chi connectivity index (χ0n) is 14.8. The Balaban J connectivity index is 1.75. The number of carbonyl (C=O) groups is 1. The Kier molecular flexibility index (Phi) is 5.84. The molecule has 26 heavy (non-hydrogen) atoms. The molecule has 0 aromatic heterocycles. The molecule has 4 nitrogen and oxygen atoms in total. The van der Waals surface area contributed by atoms with Gasteiger partial charge in [0.05, 0.1) is 12.1 Å². The van der Waals surface area contributed by atoms with E-state index in [1.807, 2.05) is 42.5 Å². The molecule has 1 amide bonds. The molecule has 0 N–H and O–H groups in total. The van der Waals surface area contributed by atoms with Crippen LogP contribution in [0.5, 0.6) is 11.5 Å². The maximum Gasteiger partial charge on any atom is 0.245 e. The van der Waals surface area contributed by atoms with E-state index in [1.54, 1.807) is 12.0 Å². The SMILES string of the molecule is C=CC(=O)N1CCC(Oc2cc(-c3ccccc3OC)ccc2Cl)CC1. The second kappa shape index (κ2) is 8.28. The van der Waals surface area contributed by atoms with Crippen LogP contribution in [0.3, 0.4) is 0 Å². The Morgan fingerprint density at radius 1 is 1.19 bits per heavy atom. The van der Waals surface area contributed by atoms with Gasteiger partial charge < -0.3 is 14.4 Å². The first-order valence-electron chi connectivity index (χ1n) is 8.63. The number of carbonyl (C=O) groups excluding carboxylic acids is 1. The Morgan fingerprint density at radius 3 is 2.62 bits per heavy atom. The number of likely N-dealkylation sites (tertiary alicyclic amines) is 1. The minimum atomic E-state index is -0.0281. The van der Waals surface area contributed by atoms with Crippen LogP contribution >= 0.6 is 11.6 Å². The molecular weight excluding hydrogens is 350 g/mol. The van der Waals surface area contributed by atoms with E-state index < -0.39 is 0 Å². The van der Waals surface area contributed by atoms with E-state index >= 15 is 0 Å². The van der Waals surface area contributed by atoms with Crippen molar-refractivity contribution in [3.05, 3.63) is 60.1 Å². The minimum absolute atomic E-state index is 0.0281. The van der Waals surface area contributed by atoms with Gasteiger partial charge >= 0.3 is 0 Å². The van der Waals surface area contributed by atoms with E-state index in [0.717, 1.165) is 29.7 Å². The van der Waals surface area contributed by atoms with E-state index in [2.05, 4.69) is 6.58 Å². The summed E-state index contributed by atoms with van der Waals surface area (Å²) in [4.78, 5) is 13.5. The van der Waals surface area contributed by atoms with Crippen LogP contribution in [0.1, 0.15) is 12.8 Å². The summed E-state index contributed by atoms with van der Waals surface area (Å²) in [7, 11) is 1.66. The van der Waals surface area contributed by atoms with Crippen molar-refractivity contribution in [1.82, 2.24) is 4.90 Å². The number of piperidine rings is 1. The van der Waals surface area contributed by atoms with Gasteiger partial charge in [-0.1, -0.05) is 42.4 Å². The van der Waals surface area contributed by atoms with Crippen molar-refractivity contribution in [3.8, 4) is 22.6 Å². The predicted octanol–water partition coefficient (Wildman–Crippen LogP) is 4.57. The molecule has 0 unspecified atom stereocenters. The summed E-state index contributed by atoms with van der Waals surface area (Å²) < 4.78 is 11.6. The van der Waals surface area contributed by atoms with Gasteiger partial charge in [-0.2, -0.15) is 0 Å². The van der Waals surface area contributed by atoms with E-state index in [4.69, 9.17) is 21.1 Å². The fourth-order valence-electron chi connectivity index (χ4n) is 3.15. The first kappa shape index (κ1) is 18.3. The molecule has 1 aliphatic heterocycles. The lowest BCUT2D eigenvalue weighted by Crippen LogP contribution is -2.41. The smallest absolute Gasteiger partial charge is 0.245 e. The number of methoxy groups -OCH3 is 1. The largest absolute Gasteiger partial charge is 0.496 e. The van der Waals surface area contributed by atoms with Crippen LogP contribution in [0.15, 0.2) is 55.1 Å². The van der Waals surface area contributed by atoms with Crippen LogP contribution in [0, 0.1) is 0 Å². The summed E-state index contributed by atoms with van der Waals surface area (Å²) in [6.45, 7) is 4.87. The van der Waals surface area contributed by atoms with Crippen LogP contribution < -0.4 is 9.47 Å². The van der Waals surface area contributed by atoms with Crippen molar-refractivity contribution in [2.75, 3.05) is 20.2 Å². The molecule has 0 bridgehead atoms. The minimum Gasteiger partial charge on any atom is -0.496 e. The zero-order chi connectivity index (χ0) is 18.5. The van der Waals surface area contributed by atoms with Gasteiger partial charge in [0.25, 0.3) is 0 Å². The maximum atomic E-state index is 11.7. The van der Waals surface area contributed by atoms with Crippen LogP contribution in [0.2, 0.25) is 5.02 Å². The lowest BCUT2D eigenvalue weighted by Gasteiger charge is -2.31. The first-order chi connectivity index (χ1) is 12.6. The third-order valence-electron chi connectivity index (χ3n) is 4.57. The van der Waals surface area contributed by atoms with Crippen LogP contribution in [-0.2, 0) is 4.79 Å². The highest BCUT2D eigenvalue weighted by Gasteiger charge is 2.23. The number of hydrogen-bond acceptors (Lipinski definition) is 3. The predicted molar refractivity (Wildman–Crippen MR) is 104 cm³/mol. The van der Waals surface area contributed by atoms with Gasteiger partial charge in [-0.25, -0.2) is 0 Å². The van der Waals surface area contributed by atoms with E-state index in [1.165, 1.54) is 6.08 Å². The molecule has 0 spiro atoms. The number of rotatable bonds is 5. The normalized spacial score (nSPS) is 14.8.